The topological polar surface area (TPSA) is 120 Å². The van der Waals surface area contributed by atoms with Gasteiger partial charge in [-0.15, -0.1) is 0 Å². The van der Waals surface area contributed by atoms with Crippen molar-refractivity contribution < 1.29 is 28.4 Å². The van der Waals surface area contributed by atoms with Crippen molar-refractivity contribution in [3.63, 3.8) is 0 Å². The lowest BCUT2D eigenvalue weighted by molar-refractivity contribution is -0.894. The lowest BCUT2D eigenvalue weighted by atomic mass is 9.62. The number of nitriles is 1. The van der Waals surface area contributed by atoms with Crippen molar-refractivity contribution >= 4 is 51.5 Å². The van der Waals surface area contributed by atoms with Gasteiger partial charge in [-0.25, -0.2) is 18.6 Å². The number of thiazole rings is 1. The van der Waals surface area contributed by atoms with Gasteiger partial charge in [0, 0.05) is 22.5 Å². The van der Waals surface area contributed by atoms with Gasteiger partial charge in [-0.2, -0.15) is 5.26 Å². The first-order chi connectivity index (χ1) is 21.6. The highest BCUT2D eigenvalue weighted by Gasteiger charge is 2.61. The number of quaternary nitrogens is 1. The molecule has 1 saturated heterocycles. The third-order valence-electron chi connectivity index (χ3n) is 8.18. The number of carbonyl (C=O) groups is 2. The number of halogens is 4. The maximum absolute atomic E-state index is 15.6. The van der Waals surface area contributed by atoms with Gasteiger partial charge in [-0.3, -0.25) is 4.79 Å². The Labute approximate surface area is 282 Å². The molecule has 1 aliphatic rings. The molecule has 0 unspecified atom stereocenters. The van der Waals surface area contributed by atoms with Crippen LogP contribution in [0.15, 0.2) is 42.6 Å². The summed E-state index contributed by atoms with van der Waals surface area (Å²) in [6.07, 6.45) is 1.41. The Morgan fingerprint density at radius 2 is 1.80 bits per heavy atom. The second-order valence-electron chi connectivity index (χ2n) is 12.3. The molecule has 4 N–H and O–H groups in total. The molecule has 46 heavy (non-hydrogen) atoms. The SMILES string of the molecule is CC(C)(C)C[C@@H]1N[C@@H](C(=O)Nc2ncc(C(=O)O)s2)[C@H](c2cccc(Cl)c2F)[C@@]1(C#N)c1ccc(Cl)cc1F.CC[NH+](CC)CC. The van der Waals surface area contributed by atoms with Crippen molar-refractivity contribution in [1.29, 1.82) is 5.26 Å². The van der Waals surface area contributed by atoms with E-state index >= 15 is 8.78 Å². The van der Waals surface area contributed by atoms with Crippen LogP contribution in [-0.2, 0) is 10.2 Å². The molecule has 1 fully saturated rings. The number of hydrogen-bond donors (Lipinski definition) is 4. The van der Waals surface area contributed by atoms with Crippen LogP contribution in [0.2, 0.25) is 10.0 Å². The molecular formula is C33H40Cl2F2N5O3S+. The minimum absolute atomic E-state index is 0.00372. The lowest BCUT2D eigenvalue weighted by Gasteiger charge is -2.37. The molecule has 1 amide bonds. The highest BCUT2D eigenvalue weighted by molar-refractivity contribution is 7.17. The van der Waals surface area contributed by atoms with Gasteiger partial charge in [0.1, 0.15) is 21.9 Å². The van der Waals surface area contributed by atoms with Crippen molar-refractivity contribution in [1.82, 2.24) is 10.3 Å². The van der Waals surface area contributed by atoms with Gasteiger partial charge < -0.3 is 20.6 Å². The quantitative estimate of drug-likeness (QED) is 0.208. The number of nitrogens with zero attached hydrogens (tertiary/aromatic N) is 2. The highest BCUT2D eigenvalue weighted by Crippen LogP contribution is 2.53. The average molecular weight is 696 g/mol. The van der Waals surface area contributed by atoms with Gasteiger partial charge in [0.05, 0.1) is 43.0 Å². The van der Waals surface area contributed by atoms with Gasteiger partial charge in [-0.1, -0.05) is 73.5 Å². The molecule has 13 heteroatoms. The molecule has 2 heterocycles. The third-order valence-corrected chi connectivity index (χ3v) is 9.61. The number of carboxylic acids is 1. The first-order valence-corrected chi connectivity index (χ1v) is 16.6. The molecule has 0 radical (unpaired) electrons. The van der Waals surface area contributed by atoms with Gasteiger partial charge in [0.25, 0.3) is 0 Å². The second kappa shape index (κ2) is 15.6. The van der Waals surface area contributed by atoms with Crippen molar-refractivity contribution in [2.75, 3.05) is 25.0 Å². The van der Waals surface area contributed by atoms with E-state index in [1.165, 1.54) is 50.0 Å². The van der Waals surface area contributed by atoms with Crippen LogP contribution in [-0.4, -0.2) is 53.7 Å². The number of amides is 1. The number of rotatable bonds is 9. The first-order valence-electron chi connectivity index (χ1n) is 15.0. The Balaban J connectivity index is 0.000000738. The zero-order valence-electron chi connectivity index (χ0n) is 26.7. The van der Waals surface area contributed by atoms with E-state index in [0.717, 1.165) is 23.6 Å². The largest absolute Gasteiger partial charge is 0.477 e. The zero-order valence-corrected chi connectivity index (χ0v) is 29.0. The van der Waals surface area contributed by atoms with Crippen molar-refractivity contribution in [3.8, 4) is 6.07 Å². The molecule has 0 spiro atoms. The summed E-state index contributed by atoms with van der Waals surface area (Å²) in [5.74, 6) is -4.77. The van der Waals surface area contributed by atoms with Crippen LogP contribution in [0, 0.1) is 28.4 Å². The minimum atomic E-state index is -1.77. The number of anilines is 1. The predicted molar refractivity (Wildman–Crippen MR) is 178 cm³/mol. The van der Waals surface area contributed by atoms with Crippen LogP contribution in [0.5, 0.6) is 0 Å². The maximum Gasteiger partial charge on any atom is 0.347 e. The Kier molecular flexibility index (Phi) is 12.7. The molecule has 0 bridgehead atoms. The summed E-state index contributed by atoms with van der Waals surface area (Å²) in [6, 6.07) is 8.34. The van der Waals surface area contributed by atoms with Gasteiger partial charge >= 0.3 is 5.97 Å². The van der Waals surface area contributed by atoms with Crippen LogP contribution in [0.1, 0.15) is 74.7 Å². The fourth-order valence-electron chi connectivity index (χ4n) is 5.92. The number of benzene rings is 2. The average Bonchev–Trinajstić information content (AvgIpc) is 3.58. The van der Waals surface area contributed by atoms with E-state index in [1.54, 1.807) is 4.90 Å². The molecule has 1 aromatic heterocycles. The van der Waals surface area contributed by atoms with E-state index in [9.17, 15) is 20.0 Å². The molecular weight excluding hydrogens is 655 g/mol. The molecule has 2 aromatic carbocycles. The maximum atomic E-state index is 15.6. The lowest BCUT2D eigenvalue weighted by Crippen LogP contribution is -3.11. The standard InChI is InChI=1S/C27H24Cl2F2N4O3S.C6H15N/c1-26(2,3)10-19-27(12-32,15-8-7-13(28)9-17(15)30)20(14-5-4-6-16(29)21(14)31)22(34-19)23(36)35-25-33-11-18(39-25)24(37)38;1-4-7(5-2)6-3/h4-9,11,19-20,22,34H,10H2,1-3H3,(H,37,38)(H,33,35,36);4-6H2,1-3H3/p+1/t19-,20-,22+,27-;/m0./s1. The second-order valence-corrected chi connectivity index (χ2v) is 14.2. The minimum Gasteiger partial charge on any atom is -0.477 e. The van der Waals surface area contributed by atoms with E-state index in [1.807, 2.05) is 20.8 Å². The number of carboxylic acid groups (broad SMARTS) is 1. The number of aromatic nitrogens is 1. The fraction of sp³-hybridized carbons (Fsp3) is 0.455. The molecule has 4 atom stereocenters. The Bertz CT molecular complexity index is 1580. The molecule has 3 aromatic rings. The third kappa shape index (κ3) is 8.22. The van der Waals surface area contributed by atoms with Crippen molar-refractivity contribution in [3.05, 3.63) is 80.3 Å². The molecule has 8 nitrogen and oxygen atoms in total. The summed E-state index contributed by atoms with van der Waals surface area (Å²) in [4.78, 5) is 30.5. The summed E-state index contributed by atoms with van der Waals surface area (Å²) < 4.78 is 31.3. The summed E-state index contributed by atoms with van der Waals surface area (Å²) in [6.45, 7) is 16.3. The smallest absolute Gasteiger partial charge is 0.347 e. The highest BCUT2D eigenvalue weighted by atomic mass is 35.5. The molecule has 0 aliphatic carbocycles. The van der Waals surface area contributed by atoms with Crippen molar-refractivity contribution in [2.24, 2.45) is 5.41 Å². The molecule has 1 aliphatic heterocycles. The molecule has 248 valence electrons. The molecule has 0 saturated carbocycles. The number of hydrogen-bond acceptors (Lipinski definition) is 6. The monoisotopic (exact) mass is 694 g/mol. The summed E-state index contributed by atoms with van der Waals surface area (Å²) >= 11 is 12.9. The zero-order chi connectivity index (χ0) is 34.4. The van der Waals surface area contributed by atoms with Crippen LogP contribution in [0.4, 0.5) is 13.9 Å². The van der Waals surface area contributed by atoms with Crippen LogP contribution in [0.3, 0.4) is 0 Å². The fourth-order valence-corrected chi connectivity index (χ4v) is 6.92. The number of nitrogens with one attached hydrogen (secondary N) is 3. The van der Waals surface area contributed by atoms with Crippen molar-refractivity contribution in [2.45, 2.75) is 71.4 Å². The van der Waals surface area contributed by atoms with Crippen LogP contribution in [0.25, 0.3) is 0 Å². The van der Waals surface area contributed by atoms with Gasteiger partial charge in [0.2, 0.25) is 5.91 Å². The predicted octanol–water partition coefficient (Wildman–Crippen LogP) is 6.32. The Hall–Kier alpha value is -3.14. The van der Waals surface area contributed by atoms with E-state index in [-0.39, 0.29) is 31.2 Å². The van der Waals surface area contributed by atoms with E-state index in [0.29, 0.717) is 6.42 Å². The molecule has 4 rings (SSSR count). The van der Waals surface area contributed by atoms with E-state index in [2.05, 4.69) is 42.5 Å². The number of carbonyl (C=O) groups excluding carboxylic acids is 1. The van der Waals surface area contributed by atoms with Crippen LogP contribution >= 0.6 is 34.5 Å². The Morgan fingerprint density at radius 1 is 1.15 bits per heavy atom. The van der Waals surface area contributed by atoms with E-state index in [4.69, 9.17) is 23.2 Å². The van der Waals surface area contributed by atoms with Crippen LogP contribution < -0.4 is 15.5 Å². The van der Waals surface area contributed by atoms with Gasteiger partial charge in [0.15, 0.2) is 5.13 Å². The summed E-state index contributed by atoms with van der Waals surface area (Å²) in [5.41, 5.74) is -2.26. The van der Waals surface area contributed by atoms with E-state index < -0.39 is 52.3 Å². The normalized spacial score (nSPS) is 21.0. The Morgan fingerprint density at radius 3 is 2.30 bits per heavy atom. The number of aromatic carboxylic acids is 1. The first kappa shape index (κ1) is 37.3. The van der Waals surface area contributed by atoms with Gasteiger partial charge in [-0.05, 0) is 56.4 Å². The summed E-state index contributed by atoms with van der Waals surface area (Å²) in [5, 5.41) is 25.7. The summed E-state index contributed by atoms with van der Waals surface area (Å²) in [7, 11) is 0.